The van der Waals surface area contributed by atoms with E-state index in [-0.39, 0.29) is 17.9 Å². The van der Waals surface area contributed by atoms with Gasteiger partial charge in [-0.15, -0.1) is 0 Å². The van der Waals surface area contributed by atoms with E-state index in [0.717, 1.165) is 49.3 Å². The Morgan fingerprint density at radius 1 is 0.953 bits per heavy atom. The zero-order valence-electron chi connectivity index (χ0n) is 23.9. The molecule has 3 aromatic rings. The zero-order chi connectivity index (χ0) is 31.1. The van der Waals surface area contributed by atoms with Crippen molar-refractivity contribution in [1.82, 2.24) is 25.1 Å². The fourth-order valence-electron chi connectivity index (χ4n) is 5.82. The predicted molar refractivity (Wildman–Crippen MR) is 152 cm³/mol. The van der Waals surface area contributed by atoms with Crippen molar-refractivity contribution in [2.75, 3.05) is 32.7 Å². The van der Waals surface area contributed by atoms with Crippen molar-refractivity contribution in [2.24, 2.45) is 11.8 Å². The van der Waals surface area contributed by atoms with Gasteiger partial charge in [-0.1, -0.05) is 48.5 Å². The summed E-state index contributed by atoms with van der Waals surface area (Å²) in [4.78, 5) is 47.3. The highest BCUT2D eigenvalue weighted by atomic mass is 19.4. The van der Waals surface area contributed by atoms with Crippen molar-refractivity contribution in [2.45, 2.75) is 32.5 Å². The molecule has 2 aliphatic heterocycles. The Kier molecular flexibility index (Phi) is 10.1. The van der Waals surface area contributed by atoms with Crippen molar-refractivity contribution in [3.8, 4) is 0 Å². The van der Waals surface area contributed by atoms with Gasteiger partial charge in [0.25, 0.3) is 11.8 Å². The fraction of sp³-hybridized carbons (Fsp3) is 0.387. The summed E-state index contributed by atoms with van der Waals surface area (Å²) in [5.74, 6) is -1.85. The van der Waals surface area contributed by atoms with Gasteiger partial charge >= 0.3 is 12.1 Å². The number of carbonyl (C=O) groups is 3. The number of amides is 2. The third-order valence-electron chi connectivity index (χ3n) is 7.86. The molecular weight excluding hydrogens is 563 g/mol. The molecule has 2 aliphatic rings. The number of hydrogen-bond donors (Lipinski definition) is 2. The van der Waals surface area contributed by atoms with Gasteiger partial charge in [0.05, 0.1) is 6.20 Å². The van der Waals surface area contributed by atoms with E-state index in [1.165, 1.54) is 18.0 Å². The maximum Gasteiger partial charge on any atom is 0.490 e. The number of hydrogen-bond acceptors (Lipinski definition) is 6. The lowest BCUT2D eigenvalue weighted by Crippen LogP contribution is -2.36. The van der Waals surface area contributed by atoms with E-state index >= 15 is 0 Å². The smallest absolute Gasteiger partial charge is 0.475 e. The van der Waals surface area contributed by atoms with Gasteiger partial charge in [0.1, 0.15) is 5.69 Å². The fourth-order valence-corrected chi connectivity index (χ4v) is 5.82. The van der Waals surface area contributed by atoms with Crippen LogP contribution in [0.5, 0.6) is 0 Å². The number of aromatic nitrogens is 2. The van der Waals surface area contributed by atoms with E-state index in [4.69, 9.17) is 9.90 Å². The maximum absolute atomic E-state index is 13.3. The predicted octanol–water partition coefficient (Wildman–Crippen LogP) is 4.29. The molecule has 3 heterocycles. The highest BCUT2D eigenvalue weighted by Gasteiger charge is 2.44. The SMILES string of the molecule is Cc1cccc(C)c1C(=O)N1CC2CN([C@@H](CCNC(=O)c3cnccn3)c3ccccc3)CC2C1.O=C(O)C(F)(F)F. The second kappa shape index (κ2) is 13.8. The minimum Gasteiger partial charge on any atom is -0.475 e. The number of rotatable bonds is 7. The second-order valence-corrected chi connectivity index (χ2v) is 10.8. The molecule has 0 bridgehead atoms. The first-order valence-electron chi connectivity index (χ1n) is 13.9. The van der Waals surface area contributed by atoms with Crippen LogP contribution in [0.1, 0.15) is 50.0 Å². The van der Waals surface area contributed by atoms with Crippen LogP contribution in [0.15, 0.2) is 67.1 Å². The highest BCUT2D eigenvalue weighted by molar-refractivity contribution is 5.97. The molecule has 0 saturated carbocycles. The number of halogens is 3. The minimum atomic E-state index is -5.08. The molecule has 0 spiro atoms. The van der Waals surface area contributed by atoms with Gasteiger partial charge in [-0.3, -0.25) is 19.5 Å². The summed E-state index contributed by atoms with van der Waals surface area (Å²) in [5.41, 5.74) is 4.54. The highest BCUT2D eigenvalue weighted by Crippen LogP contribution is 2.38. The number of fused-ring (bicyclic) bond motifs is 1. The lowest BCUT2D eigenvalue weighted by Gasteiger charge is -2.30. The van der Waals surface area contributed by atoms with E-state index in [1.807, 2.05) is 38.1 Å². The third kappa shape index (κ3) is 7.95. The molecule has 228 valence electrons. The van der Waals surface area contributed by atoms with Crippen LogP contribution in [0.25, 0.3) is 0 Å². The Morgan fingerprint density at radius 2 is 1.56 bits per heavy atom. The average molecular weight is 598 g/mol. The second-order valence-electron chi connectivity index (χ2n) is 10.8. The zero-order valence-corrected chi connectivity index (χ0v) is 23.9. The summed E-state index contributed by atoms with van der Waals surface area (Å²) < 4.78 is 31.7. The minimum absolute atomic E-state index is 0.165. The average Bonchev–Trinajstić information content (AvgIpc) is 3.56. The van der Waals surface area contributed by atoms with Crippen LogP contribution in [0, 0.1) is 25.7 Å². The molecule has 2 N–H and O–H groups in total. The van der Waals surface area contributed by atoms with Crippen molar-refractivity contribution in [3.63, 3.8) is 0 Å². The van der Waals surface area contributed by atoms with E-state index in [9.17, 15) is 22.8 Å². The third-order valence-corrected chi connectivity index (χ3v) is 7.86. The Balaban J connectivity index is 0.000000541. The summed E-state index contributed by atoms with van der Waals surface area (Å²) in [6, 6.07) is 16.8. The number of carbonyl (C=O) groups excluding carboxylic acids is 2. The number of aliphatic carboxylic acids is 1. The molecule has 1 aromatic heterocycles. The molecule has 9 nitrogen and oxygen atoms in total. The number of alkyl halides is 3. The van der Waals surface area contributed by atoms with Crippen LogP contribution >= 0.6 is 0 Å². The Bertz CT molecular complexity index is 1390. The molecule has 2 fully saturated rings. The molecular formula is C31H34F3N5O4. The molecule has 0 radical (unpaired) electrons. The number of carboxylic acids is 1. The summed E-state index contributed by atoms with van der Waals surface area (Å²) in [6.45, 7) is 8.12. The van der Waals surface area contributed by atoms with E-state index in [0.29, 0.717) is 24.1 Å². The van der Waals surface area contributed by atoms with Gasteiger partial charge in [0, 0.05) is 56.7 Å². The van der Waals surface area contributed by atoms with E-state index in [1.54, 1.807) is 6.20 Å². The van der Waals surface area contributed by atoms with Crippen molar-refractivity contribution in [3.05, 3.63) is 95.1 Å². The largest absolute Gasteiger partial charge is 0.490 e. The molecule has 2 amide bonds. The molecule has 2 unspecified atom stereocenters. The number of nitrogens with zero attached hydrogens (tertiary/aromatic N) is 4. The van der Waals surface area contributed by atoms with Crippen molar-refractivity contribution < 1.29 is 32.7 Å². The number of benzene rings is 2. The van der Waals surface area contributed by atoms with E-state index in [2.05, 4.69) is 49.4 Å². The van der Waals surface area contributed by atoms with Gasteiger partial charge in [0.2, 0.25) is 0 Å². The van der Waals surface area contributed by atoms with Crippen LogP contribution in [0.4, 0.5) is 13.2 Å². The molecule has 5 rings (SSSR count). The van der Waals surface area contributed by atoms with Gasteiger partial charge in [-0.05, 0) is 48.8 Å². The Hall–Kier alpha value is -4.32. The number of nitrogens with one attached hydrogen (secondary N) is 1. The Morgan fingerprint density at radius 3 is 2.09 bits per heavy atom. The molecule has 43 heavy (non-hydrogen) atoms. The van der Waals surface area contributed by atoms with Crippen molar-refractivity contribution >= 4 is 17.8 Å². The molecule has 3 atom stereocenters. The van der Waals surface area contributed by atoms with E-state index < -0.39 is 12.1 Å². The first-order chi connectivity index (χ1) is 20.5. The van der Waals surface area contributed by atoms with Crippen LogP contribution in [0.3, 0.4) is 0 Å². The normalized spacial score (nSPS) is 18.8. The van der Waals surface area contributed by atoms with Gasteiger partial charge < -0.3 is 15.3 Å². The summed E-state index contributed by atoms with van der Waals surface area (Å²) >= 11 is 0. The standard InChI is InChI=1S/C29H33N5O2.C2HF3O2/c1-20-7-6-8-21(2)27(20)29(36)34-18-23-16-33(17-24(23)19-34)26(22-9-4-3-5-10-22)11-12-32-28(35)25-15-30-13-14-31-25;3-2(4,5)1(6)7/h3-10,13-15,23-24,26H,11-12,16-19H2,1-2H3,(H,32,35);(H,6,7)/t23?,24?,26-;/m0./s1. The first kappa shape index (κ1) is 31.6. The lowest BCUT2D eigenvalue weighted by atomic mass is 10.0. The molecule has 12 heteroatoms. The van der Waals surface area contributed by atoms with Gasteiger partial charge in [-0.25, -0.2) is 9.78 Å². The maximum atomic E-state index is 13.3. The number of aryl methyl sites for hydroxylation is 2. The van der Waals surface area contributed by atoms with Crippen LogP contribution < -0.4 is 5.32 Å². The first-order valence-corrected chi connectivity index (χ1v) is 13.9. The summed E-state index contributed by atoms with van der Waals surface area (Å²) in [5, 5.41) is 10.1. The monoisotopic (exact) mass is 597 g/mol. The Labute approximate surface area is 247 Å². The van der Waals surface area contributed by atoms with Crippen LogP contribution in [0.2, 0.25) is 0 Å². The molecule has 2 saturated heterocycles. The van der Waals surface area contributed by atoms with Gasteiger partial charge in [0.15, 0.2) is 0 Å². The van der Waals surface area contributed by atoms with Crippen molar-refractivity contribution in [1.29, 1.82) is 0 Å². The quantitative estimate of drug-likeness (QED) is 0.418. The molecule has 0 aliphatic carbocycles. The van der Waals surface area contributed by atoms with Crippen LogP contribution in [-0.2, 0) is 4.79 Å². The number of carboxylic acid groups (broad SMARTS) is 1. The summed E-state index contributed by atoms with van der Waals surface area (Å²) in [6.07, 6.45) is 0.292. The molecule has 2 aromatic carbocycles. The lowest BCUT2D eigenvalue weighted by molar-refractivity contribution is -0.192. The topological polar surface area (TPSA) is 116 Å². The van der Waals surface area contributed by atoms with Gasteiger partial charge in [-0.2, -0.15) is 13.2 Å². The van der Waals surface area contributed by atoms with Crippen LogP contribution in [-0.4, -0.2) is 81.6 Å². The summed E-state index contributed by atoms with van der Waals surface area (Å²) in [7, 11) is 0. The number of likely N-dealkylation sites (tertiary alicyclic amines) is 2.